The molecule has 3 nitrogen and oxygen atoms in total. The van der Waals surface area contributed by atoms with Gasteiger partial charge in [-0.05, 0) is 75.8 Å². The highest BCUT2D eigenvalue weighted by molar-refractivity contribution is 7.22. The van der Waals surface area contributed by atoms with Gasteiger partial charge < -0.3 is 4.42 Å². The second kappa shape index (κ2) is 10.0. The van der Waals surface area contributed by atoms with Gasteiger partial charge in [0.15, 0.2) is 5.82 Å². The summed E-state index contributed by atoms with van der Waals surface area (Å²) < 4.78 is 7.53. The van der Waals surface area contributed by atoms with Crippen molar-refractivity contribution in [2.45, 2.75) is 0 Å². The van der Waals surface area contributed by atoms with Gasteiger partial charge in [-0.1, -0.05) is 97.1 Å². The van der Waals surface area contributed by atoms with E-state index >= 15 is 0 Å². The Labute approximate surface area is 257 Å². The maximum Gasteiger partial charge on any atom is 0.160 e. The molecule has 0 atom stereocenters. The van der Waals surface area contributed by atoms with Gasteiger partial charge in [-0.25, -0.2) is 9.97 Å². The second-order valence-corrected chi connectivity index (χ2v) is 12.1. The van der Waals surface area contributed by atoms with Gasteiger partial charge in [0.05, 0.1) is 16.3 Å². The predicted molar refractivity (Wildman–Crippen MR) is 184 cm³/mol. The summed E-state index contributed by atoms with van der Waals surface area (Å²) in [5, 5.41) is 5.74. The molecule has 6 aromatic carbocycles. The van der Waals surface area contributed by atoms with E-state index in [9.17, 15) is 0 Å². The first-order valence-electron chi connectivity index (χ1n) is 14.6. The number of fused-ring (bicyclic) bond motifs is 5. The monoisotopic (exact) mass is 580 g/mol. The van der Waals surface area contributed by atoms with Crippen LogP contribution in [-0.2, 0) is 0 Å². The molecular weight excluding hydrogens is 557 g/mol. The number of furan rings is 1. The lowest BCUT2D eigenvalue weighted by Gasteiger charge is -2.09. The molecule has 3 aromatic heterocycles. The van der Waals surface area contributed by atoms with Crippen LogP contribution >= 0.6 is 11.3 Å². The SMILES string of the molecule is c1ccc(-c2ccc(-c3cc(-c4cc5ccccc5s4)nc(-c4ccc5oc6cc7ccccc7cc6c5c4)n3)cc2)cc1. The van der Waals surface area contributed by atoms with E-state index in [1.807, 2.05) is 12.1 Å². The van der Waals surface area contributed by atoms with E-state index in [0.717, 1.165) is 49.3 Å². The van der Waals surface area contributed by atoms with E-state index in [1.54, 1.807) is 11.3 Å². The Balaban J connectivity index is 1.21. The molecule has 0 spiro atoms. The predicted octanol–water partition coefficient (Wildman–Crippen LogP) is 11.4. The summed E-state index contributed by atoms with van der Waals surface area (Å²) in [6.45, 7) is 0. The van der Waals surface area contributed by atoms with Crippen LogP contribution in [0.3, 0.4) is 0 Å². The number of nitrogens with zero attached hydrogens (tertiary/aromatic N) is 2. The summed E-state index contributed by atoms with van der Waals surface area (Å²) in [7, 11) is 0. The molecule has 206 valence electrons. The average Bonchev–Trinajstić information content (AvgIpc) is 3.68. The molecule has 9 rings (SSSR count). The first kappa shape index (κ1) is 25.0. The first-order chi connectivity index (χ1) is 21.7. The van der Waals surface area contributed by atoms with E-state index in [4.69, 9.17) is 14.4 Å². The number of hydrogen-bond acceptors (Lipinski definition) is 4. The van der Waals surface area contributed by atoms with Crippen molar-refractivity contribution in [1.82, 2.24) is 9.97 Å². The summed E-state index contributed by atoms with van der Waals surface area (Å²) in [6.07, 6.45) is 0. The molecule has 0 aliphatic rings. The molecule has 0 N–H and O–H groups in total. The highest BCUT2D eigenvalue weighted by Crippen LogP contribution is 2.38. The van der Waals surface area contributed by atoms with Crippen LogP contribution in [-0.4, -0.2) is 9.97 Å². The number of thiophene rings is 1. The van der Waals surface area contributed by atoms with Crippen molar-refractivity contribution in [3.05, 3.63) is 146 Å². The number of aromatic nitrogens is 2. The van der Waals surface area contributed by atoms with Gasteiger partial charge >= 0.3 is 0 Å². The summed E-state index contributed by atoms with van der Waals surface area (Å²) in [5.74, 6) is 0.694. The largest absolute Gasteiger partial charge is 0.456 e. The van der Waals surface area contributed by atoms with Crippen LogP contribution < -0.4 is 0 Å². The van der Waals surface area contributed by atoms with Crippen LogP contribution in [0.5, 0.6) is 0 Å². The lowest BCUT2D eigenvalue weighted by Crippen LogP contribution is -1.95. The fourth-order valence-corrected chi connectivity index (χ4v) is 7.05. The zero-order valence-corrected chi connectivity index (χ0v) is 24.4. The Morgan fingerprint density at radius 3 is 1.89 bits per heavy atom. The quantitative estimate of drug-likeness (QED) is 0.208. The molecule has 4 heteroatoms. The third kappa shape index (κ3) is 4.27. The minimum Gasteiger partial charge on any atom is -0.456 e. The number of benzene rings is 6. The third-order valence-corrected chi connectivity index (χ3v) is 9.43. The van der Waals surface area contributed by atoms with Crippen molar-refractivity contribution < 1.29 is 4.42 Å². The number of hydrogen-bond donors (Lipinski definition) is 0. The molecule has 0 radical (unpaired) electrons. The molecule has 0 unspecified atom stereocenters. The lowest BCUT2D eigenvalue weighted by atomic mass is 10.0. The zero-order valence-electron chi connectivity index (χ0n) is 23.6. The van der Waals surface area contributed by atoms with Crippen LogP contribution in [0.1, 0.15) is 0 Å². The van der Waals surface area contributed by atoms with E-state index in [2.05, 4.69) is 133 Å². The first-order valence-corrected chi connectivity index (χ1v) is 15.5. The van der Waals surface area contributed by atoms with Crippen molar-refractivity contribution in [3.63, 3.8) is 0 Å². The van der Waals surface area contributed by atoms with Crippen LogP contribution in [0, 0.1) is 0 Å². The minimum atomic E-state index is 0.694. The lowest BCUT2D eigenvalue weighted by molar-refractivity contribution is 0.669. The van der Waals surface area contributed by atoms with Crippen molar-refractivity contribution >= 4 is 54.1 Å². The van der Waals surface area contributed by atoms with Gasteiger partial charge in [0, 0.05) is 26.6 Å². The van der Waals surface area contributed by atoms with Gasteiger partial charge in [-0.2, -0.15) is 0 Å². The Morgan fingerprint density at radius 1 is 0.432 bits per heavy atom. The maximum atomic E-state index is 6.28. The molecule has 0 aliphatic carbocycles. The summed E-state index contributed by atoms with van der Waals surface area (Å²) >= 11 is 1.76. The second-order valence-electron chi connectivity index (χ2n) is 11.1. The van der Waals surface area contributed by atoms with Crippen molar-refractivity contribution in [2.24, 2.45) is 0 Å². The Hall–Kier alpha value is -5.58. The van der Waals surface area contributed by atoms with Gasteiger partial charge in [-0.3, -0.25) is 0 Å². The molecule has 44 heavy (non-hydrogen) atoms. The zero-order chi connectivity index (χ0) is 29.0. The highest BCUT2D eigenvalue weighted by atomic mass is 32.1. The molecular formula is C40H24N2OS. The van der Waals surface area contributed by atoms with Crippen molar-refractivity contribution in [3.8, 4) is 44.3 Å². The summed E-state index contributed by atoms with van der Waals surface area (Å²) in [5.41, 5.74) is 7.94. The molecule has 3 heterocycles. The van der Waals surface area contributed by atoms with Crippen LogP contribution in [0.4, 0.5) is 0 Å². The van der Waals surface area contributed by atoms with Crippen LogP contribution in [0.25, 0.3) is 87.1 Å². The standard InChI is InChI=1S/C40H24N2OS/c1-2-8-25(9-3-1)26-14-16-27(17-15-26)34-24-35(39-23-30-12-6-7-13-38(30)44-39)42-40(41-34)31-18-19-36-32(21-31)33-20-28-10-4-5-11-29(28)22-37(33)43-36/h1-24H. The Morgan fingerprint density at radius 2 is 1.07 bits per heavy atom. The molecule has 0 bridgehead atoms. The highest BCUT2D eigenvalue weighted by Gasteiger charge is 2.15. The van der Waals surface area contributed by atoms with Crippen molar-refractivity contribution in [2.75, 3.05) is 0 Å². The topological polar surface area (TPSA) is 38.9 Å². The molecule has 0 aliphatic heterocycles. The normalized spacial score (nSPS) is 11.6. The Bertz CT molecular complexity index is 2460. The summed E-state index contributed by atoms with van der Waals surface area (Å²) in [6, 6.07) is 50.9. The van der Waals surface area contributed by atoms with Crippen LogP contribution in [0.2, 0.25) is 0 Å². The van der Waals surface area contributed by atoms with Crippen molar-refractivity contribution in [1.29, 1.82) is 0 Å². The van der Waals surface area contributed by atoms with E-state index in [1.165, 1.54) is 32.0 Å². The molecule has 0 saturated heterocycles. The molecule has 0 amide bonds. The van der Waals surface area contributed by atoms with E-state index in [0.29, 0.717) is 5.82 Å². The minimum absolute atomic E-state index is 0.694. The fourth-order valence-electron chi connectivity index (χ4n) is 6.02. The smallest absolute Gasteiger partial charge is 0.160 e. The average molecular weight is 581 g/mol. The van der Waals surface area contributed by atoms with Gasteiger partial charge in [0.25, 0.3) is 0 Å². The van der Waals surface area contributed by atoms with E-state index < -0.39 is 0 Å². The molecule has 0 fully saturated rings. The van der Waals surface area contributed by atoms with Gasteiger partial charge in [0.2, 0.25) is 0 Å². The fraction of sp³-hybridized carbons (Fsp3) is 0. The number of rotatable bonds is 4. The molecule has 0 saturated carbocycles. The maximum absolute atomic E-state index is 6.28. The third-order valence-electron chi connectivity index (χ3n) is 8.29. The van der Waals surface area contributed by atoms with E-state index in [-0.39, 0.29) is 0 Å². The van der Waals surface area contributed by atoms with Crippen LogP contribution in [0.15, 0.2) is 150 Å². The summed E-state index contributed by atoms with van der Waals surface area (Å²) in [4.78, 5) is 11.4. The molecule has 9 aromatic rings. The van der Waals surface area contributed by atoms with Gasteiger partial charge in [-0.15, -0.1) is 11.3 Å². The Kier molecular flexibility index (Phi) is 5.68. The van der Waals surface area contributed by atoms with Gasteiger partial charge in [0.1, 0.15) is 11.2 Å².